The number of rotatable bonds is 6. The molecule has 0 fully saturated rings. The number of halogens is 1. The van der Waals surface area contributed by atoms with E-state index in [1.165, 1.54) is 19.2 Å². The number of hydrogen-bond acceptors (Lipinski definition) is 4. The van der Waals surface area contributed by atoms with Crippen LogP contribution < -0.4 is 9.47 Å². The second kappa shape index (κ2) is 6.29. The van der Waals surface area contributed by atoms with Crippen LogP contribution in [0, 0.1) is 0 Å². The average molecular weight is 297 g/mol. The van der Waals surface area contributed by atoms with Crippen molar-refractivity contribution in [2.75, 3.05) is 13.7 Å². The quantitative estimate of drug-likeness (QED) is 0.885. The third-order valence-corrected chi connectivity index (χ3v) is 2.84. The van der Waals surface area contributed by atoms with Crippen LogP contribution in [0.4, 0.5) is 0 Å². The van der Waals surface area contributed by atoms with E-state index < -0.39 is 5.97 Å². The molecule has 0 aliphatic carbocycles. The molecule has 1 heterocycles. The first kappa shape index (κ1) is 14.2. The molecule has 0 aliphatic heterocycles. The predicted octanol–water partition coefficient (Wildman–Crippen LogP) is 2.32. The van der Waals surface area contributed by atoms with Crippen molar-refractivity contribution in [2.24, 2.45) is 0 Å². The largest absolute Gasteiger partial charge is 0.493 e. The number of benzene rings is 1. The summed E-state index contributed by atoms with van der Waals surface area (Å²) in [6.07, 6.45) is 5.10. The Morgan fingerprint density at radius 1 is 1.50 bits per heavy atom. The smallest absolute Gasteiger partial charge is 0.339 e. The summed E-state index contributed by atoms with van der Waals surface area (Å²) in [5, 5.41) is 9.46. The van der Waals surface area contributed by atoms with Gasteiger partial charge in [0.15, 0.2) is 11.5 Å². The Hall–Kier alpha value is -2.21. The minimum atomic E-state index is -1.12. The fraction of sp³-hybridized carbons (Fsp3) is 0.231. The Kier molecular flexibility index (Phi) is 4.47. The standard InChI is InChI=1S/C13H13ClN2O4/c1-19-11-7-9(14)6-10(13(17)18)12(11)20-5-4-16-3-2-15-8-16/h2-3,6-8H,4-5H2,1H3,(H,17,18). The number of nitrogens with zero attached hydrogens (tertiary/aromatic N) is 2. The van der Waals surface area contributed by atoms with Crippen LogP contribution in [0.15, 0.2) is 30.9 Å². The van der Waals surface area contributed by atoms with Crippen molar-refractivity contribution >= 4 is 17.6 Å². The number of carboxylic acids is 1. The molecular weight excluding hydrogens is 284 g/mol. The minimum absolute atomic E-state index is 0.0278. The van der Waals surface area contributed by atoms with E-state index in [1.54, 1.807) is 18.7 Å². The average Bonchev–Trinajstić information content (AvgIpc) is 2.92. The Balaban J connectivity index is 2.18. The van der Waals surface area contributed by atoms with Crippen molar-refractivity contribution in [3.63, 3.8) is 0 Å². The van der Waals surface area contributed by atoms with Crippen molar-refractivity contribution in [1.29, 1.82) is 0 Å². The van der Waals surface area contributed by atoms with Gasteiger partial charge in [-0.25, -0.2) is 9.78 Å². The van der Waals surface area contributed by atoms with Gasteiger partial charge in [0.25, 0.3) is 0 Å². The zero-order chi connectivity index (χ0) is 14.5. The first-order chi connectivity index (χ1) is 9.61. The third kappa shape index (κ3) is 3.21. The molecule has 106 valence electrons. The molecular formula is C13H13ClN2O4. The van der Waals surface area contributed by atoms with Crippen LogP contribution >= 0.6 is 11.6 Å². The number of ether oxygens (including phenoxy) is 2. The summed E-state index contributed by atoms with van der Waals surface area (Å²) < 4.78 is 12.5. The Morgan fingerprint density at radius 2 is 2.30 bits per heavy atom. The summed E-state index contributed by atoms with van der Waals surface area (Å²) in [4.78, 5) is 15.1. The van der Waals surface area contributed by atoms with Crippen LogP contribution in [-0.2, 0) is 6.54 Å². The van der Waals surface area contributed by atoms with Gasteiger partial charge in [-0.2, -0.15) is 0 Å². The van der Waals surface area contributed by atoms with Gasteiger partial charge in [0, 0.05) is 23.5 Å². The summed E-state index contributed by atoms with van der Waals surface area (Å²) in [7, 11) is 1.43. The summed E-state index contributed by atoms with van der Waals surface area (Å²) in [5.74, 6) is -0.659. The second-order valence-electron chi connectivity index (χ2n) is 3.94. The van der Waals surface area contributed by atoms with E-state index in [0.717, 1.165) is 0 Å². The molecule has 0 unspecified atom stereocenters. The molecule has 0 saturated carbocycles. The van der Waals surface area contributed by atoms with E-state index in [4.69, 9.17) is 21.1 Å². The molecule has 2 rings (SSSR count). The number of imidazole rings is 1. The van der Waals surface area contributed by atoms with Gasteiger partial charge in [-0.3, -0.25) is 0 Å². The van der Waals surface area contributed by atoms with E-state index in [1.807, 2.05) is 4.57 Å². The summed E-state index contributed by atoms with van der Waals surface area (Å²) in [6, 6.07) is 2.85. The summed E-state index contributed by atoms with van der Waals surface area (Å²) >= 11 is 5.85. The second-order valence-corrected chi connectivity index (χ2v) is 4.38. The normalized spacial score (nSPS) is 10.3. The van der Waals surface area contributed by atoms with Crippen LogP contribution in [0.2, 0.25) is 5.02 Å². The van der Waals surface area contributed by atoms with Crippen LogP contribution in [0.5, 0.6) is 11.5 Å². The molecule has 0 aliphatic rings. The predicted molar refractivity (Wildman–Crippen MR) is 72.7 cm³/mol. The van der Waals surface area contributed by atoms with E-state index in [9.17, 15) is 9.90 Å². The molecule has 0 atom stereocenters. The van der Waals surface area contributed by atoms with Gasteiger partial charge in [0.05, 0.1) is 20.0 Å². The fourth-order valence-corrected chi connectivity index (χ4v) is 1.91. The van der Waals surface area contributed by atoms with Crippen molar-refractivity contribution in [1.82, 2.24) is 9.55 Å². The van der Waals surface area contributed by atoms with Crippen molar-refractivity contribution < 1.29 is 19.4 Å². The Morgan fingerprint density at radius 3 is 2.90 bits per heavy atom. The van der Waals surface area contributed by atoms with Crippen LogP contribution in [-0.4, -0.2) is 34.3 Å². The number of hydrogen-bond donors (Lipinski definition) is 1. The molecule has 1 aromatic heterocycles. The maximum Gasteiger partial charge on any atom is 0.339 e. The lowest BCUT2D eigenvalue weighted by Gasteiger charge is -2.14. The van der Waals surface area contributed by atoms with Gasteiger partial charge in [-0.15, -0.1) is 0 Å². The highest BCUT2D eigenvalue weighted by atomic mass is 35.5. The minimum Gasteiger partial charge on any atom is -0.493 e. The lowest BCUT2D eigenvalue weighted by Crippen LogP contribution is -2.10. The molecule has 0 spiro atoms. The lowest BCUT2D eigenvalue weighted by atomic mass is 10.2. The Labute approximate surface area is 120 Å². The van der Waals surface area contributed by atoms with Crippen LogP contribution in [0.3, 0.4) is 0 Å². The first-order valence-corrected chi connectivity index (χ1v) is 6.19. The van der Waals surface area contributed by atoms with Crippen molar-refractivity contribution in [3.05, 3.63) is 41.4 Å². The molecule has 0 radical (unpaired) electrons. The van der Waals surface area contributed by atoms with Crippen LogP contribution in [0.25, 0.3) is 0 Å². The third-order valence-electron chi connectivity index (χ3n) is 2.63. The highest BCUT2D eigenvalue weighted by Gasteiger charge is 2.18. The zero-order valence-electron chi connectivity index (χ0n) is 10.7. The van der Waals surface area contributed by atoms with Crippen molar-refractivity contribution in [2.45, 2.75) is 6.54 Å². The van der Waals surface area contributed by atoms with Gasteiger partial charge < -0.3 is 19.1 Å². The molecule has 1 aromatic carbocycles. The zero-order valence-corrected chi connectivity index (χ0v) is 11.5. The van der Waals surface area contributed by atoms with Gasteiger partial charge >= 0.3 is 5.97 Å². The van der Waals surface area contributed by atoms with Gasteiger partial charge in [0.2, 0.25) is 0 Å². The van der Waals surface area contributed by atoms with Crippen molar-refractivity contribution in [3.8, 4) is 11.5 Å². The number of carboxylic acid groups (broad SMARTS) is 1. The summed E-state index contributed by atoms with van der Waals surface area (Å²) in [5.41, 5.74) is -0.0278. The highest BCUT2D eigenvalue weighted by molar-refractivity contribution is 6.31. The van der Waals surface area contributed by atoms with E-state index in [2.05, 4.69) is 4.98 Å². The first-order valence-electron chi connectivity index (χ1n) is 5.81. The maximum atomic E-state index is 11.2. The van der Waals surface area contributed by atoms with Gasteiger partial charge in [0.1, 0.15) is 12.2 Å². The van der Waals surface area contributed by atoms with E-state index >= 15 is 0 Å². The van der Waals surface area contributed by atoms with Gasteiger partial charge in [-0.1, -0.05) is 11.6 Å². The number of aromatic carboxylic acids is 1. The number of methoxy groups -OCH3 is 1. The molecule has 7 heteroatoms. The molecule has 0 saturated heterocycles. The number of carbonyl (C=O) groups is 1. The molecule has 20 heavy (non-hydrogen) atoms. The maximum absolute atomic E-state index is 11.2. The summed E-state index contributed by atoms with van der Waals surface area (Å²) in [6.45, 7) is 0.833. The molecule has 0 amide bonds. The highest BCUT2D eigenvalue weighted by Crippen LogP contribution is 2.34. The van der Waals surface area contributed by atoms with E-state index in [-0.39, 0.29) is 22.9 Å². The van der Waals surface area contributed by atoms with E-state index in [0.29, 0.717) is 12.3 Å². The van der Waals surface area contributed by atoms with Gasteiger partial charge in [-0.05, 0) is 6.07 Å². The molecule has 2 aromatic rings. The number of aromatic nitrogens is 2. The molecule has 6 nitrogen and oxygen atoms in total. The molecule has 1 N–H and O–H groups in total. The van der Waals surface area contributed by atoms with Crippen LogP contribution in [0.1, 0.15) is 10.4 Å². The fourth-order valence-electron chi connectivity index (χ4n) is 1.70. The molecule has 0 bridgehead atoms. The lowest BCUT2D eigenvalue weighted by molar-refractivity contribution is 0.0691. The topological polar surface area (TPSA) is 73.6 Å². The SMILES string of the molecule is COc1cc(Cl)cc(C(=O)O)c1OCCn1ccnc1. The Bertz CT molecular complexity index is 599. The monoisotopic (exact) mass is 296 g/mol.